The maximum absolute atomic E-state index is 10.9. The molecule has 1 aliphatic rings. The molecular formula is C14H19ClN2O2. The Hall–Kier alpha value is -1.10. The van der Waals surface area contributed by atoms with Crippen molar-refractivity contribution in [1.82, 2.24) is 4.90 Å². The molecule has 1 aliphatic heterocycles. The molecule has 1 heterocycles. The molecule has 0 aromatic heterocycles. The number of aliphatic carboxylic acids is 1. The van der Waals surface area contributed by atoms with Crippen LogP contribution in [-0.2, 0) is 11.3 Å². The van der Waals surface area contributed by atoms with Gasteiger partial charge in [0.1, 0.15) is 6.04 Å². The van der Waals surface area contributed by atoms with E-state index in [-0.39, 0.29) is 5.92 Å². The van der Waals surface area contributed by atoms with Crippen molar-refractivity contribution in [2.75, 3.05) is 13.1 Å². The Balaban J connectivity index is 1.85. The highest BCUT2D eigenvalue weighted by Crippen LogP contribution is 2.22. The van der Waals surface area contributed by atoms with E-state index in [1.807, 2.05) is 18.2 Å². The summed E-state index contributed by atoms with van der Waals surface area (Å²) in [5.41, 5.74) is 6.86. The molecule has 0 bridgehead atoms. The SMILES string of the molecule is NC(C(=O)O)C1CCN(Cc2cccc(Cl)c2)CC1. The summed E-state index contributed by atoms with van der Waals surface area (Å²) < 4.78 is 0. The van der Waals surface area contributed by atoms with Gasteiger partial charge >= 0.3 is 5.97 Å². The Morgan fingerprint density at radius 1 is 1.47 bits per heavy atom. The fraction of sp³-hybridized carbons (Fsp3) is 0.500. The molecule has 3 N–H and O–H groups in total. The molecule has 5 heteroatoms. The van der Waals surface area contributed by atoms with Gasteiger partial charge in [-0.05, 0) is 49.5 Å². The topological polar surface area (TPSA) is 66.6 Å². The van der Waals surface area contributed by atoms with Crippen LogP contribution in [-0.4, -0.2) is 35.1 Å². The second-order valence-electron chi connectivity index (χ2n) is 5.11. The molecule has 19 heavy (non-hydrogen) atoms. The van der Waals surface area contributed by atoms with E-state index in [0.717, 1.165) is 37.5 Å². The van der Waals surface area contributed by atoms with Crippen LogP contribution in [0.1, 0.15) is 18.4 Å². The Morgan fingerprint density at radius 2 is 2.16 bits per heavy atom. The number of halogens is 1. The molecule has 0 saturated carbocycles. The van der Waals surface area contributed by atoms with E-state index >= 15 is 0 Å². The summed E-state index contributed by atoms with van der Waals surface area (Å²) in [5, 5.41) is 9.66. The molecule has 104 valence electrons. The van der Waals surface area contributed by atoms with Gasteiger partial charge in [0.25, 0.3) is 0 Å². The summed E-state index contributed by atoms with van der Waals surface area (Å²) in [6.07, 6.45) is 1.68. The second-order valence-corrected chi connectivity index (χ2v) is 5.54. The predicted molar refractivity (Wildman–Crippen MR) is 75.1 cm³/mol. The minimum absolute atomic E-state index is 0.0908. The van der Waals surface area contributed by atoms with E-state index in [2.05, 4.69) is 11.0 Å². The van der Waals surface area contributed by atoms with Crippen LogP contribution in [0.2, 0.25) is 5.02 Å². The van der Waals surface area contributed by atoms with Crippen molar-refractivity contribution < 1.29 is 9.90 Å². The average Bonchev–Trinajstić information content (AvgIpc) is 2.39. The predicted octanol–water partition coefficient (Wildman–Crippen LogP) is 1.96. The number of piperidine rings is 1. The third-order valence-corrected chi connectivity index (χ3v) is 3.96. The molecule has 0 radical (unpaired) electrons. The van der Waals surface area contributed by atoms with Crippen LogP contribution in [0.25, 0.3) is 0 Å². The highest BCUT2D eigenvalue weighted by Gasteiger charge is 2.28. The minimum atomic E-state index is -0.895. The van der Waals surface area contributed by atoms with E-state index in [1.165, 1.54) is 5.56 Å². The molecule has 1 saturated heterocycles. The first-order valence-electron chi connectivity index (χ1n) is 6.51. The molecule has 1 fully saturated rings. The number of benzene rings is 1. The van der Waals surface area contributed by atoms with E-state index in [9.17, 15) is 4.79 Å². The van der Waals surface area contributed by atoms with Gasteiger partial charge in [-0.1, -0.05) is 23.7 Å². The van der Waals surface area contributed by atoms with Crippen molar-refractivity contribution >= 4 is 17.6 Å². The average molecular weight is 283 g/mol. The number of hydrogen-bond donors (Lipinski definition) is 2. The van der Waals surface area contributed by atoms with Gasteiger partial charge in [-0.2, -0.15) is 0 Å². The molecular weight excluding hydrogens is 264 g/mol. The summed E-state index contributed by atoms with van der Waals surface area (Å²) in [6.45, 7) is 2.63. The van der Waals surface area contributed by atoms with Gasteiger partial charge in [0.15, 0.2) is 0 Å². The fourth-order valence-corrected chi connectivity index (χ4v) is 2.78. The van der Waals surface area contributed by atoms with Crippen LogP contribution in [0.15, 0.2) is 24.3 Å². The van der Waals surface area contributed by atoms with Crippen molar-refractivity contribution in [3.63, 3.8) is 0 Å². The summed E-state index contributed by atoms with van der Waals surface area (Å²) in [7, 11) is 0. The molecule has 0 spiro atoms. The van der Waals surface area contributed by atoms with Gasteiger partial charge in [-0.3, -0.25) is 9.69 Å². The molecule has 1 aromatic carbocycles. The maximum atomic E-state index is 10.9. The van der Waals surface area contributed by atoms with Crippen LogP contribution < -0.4 is 5.73 Å². The molecule has 1 aromatic rings. The number of likely N-dealkylation sites (tertiary alicyclic amines) is 1. The Bertz CT molecular complexity index is 445. The van der Waals surface area contributed by atoms with E-state index in [0.29, 0.717) is 0 Å². The Morgan fingerprint density at radius 3 is 2.74 bits per heavy atom. The normalized spacial score (nSPS) is 19.3. The first kappa shape index (κ1) is 14.3. The Labute approximate surface area is 118 Å². The Kier molecular flexibility index (Phi) is 4.80. The fourth-order valence-electron chi connectivity index (χ4n) is 2.57. The first-order chi connectivity index (χ1) is 9.06. The number of carboxylic acid groups (broad SMARTS) is 1. The van der Waals surface area contributed by atoms with E-state index in [4.69, 9.17) is 22.4 Å². The zero-order chi connectivity index (χ0) is 13.8. The van der Waals surface area contributed by atoms with Gasteiger partial charge in [0.2, 0.25) is 0 Å². The molecule has 2 rings (SSSR count). The van der Waals surface area contributed by atoms with Crippen molar-refractivity contribution in [3.05, 3.63) is 34.9 Å². The summed E-state index contributed by atoms with van der Waals surface area (Å²) in [5.74, 6) is -0.804. The third kappa shape index (κ3) is 3.93. The lowest BCUT2D eigenvalue weighted by atomic mass is 9.90. The minimum Gasteiger partial charge on any atom is -0.480 e. The van der Waals surface area contributed by atoms with Crippen LogP contribution in [0.3, 0.4) is 0 Å². The number of carbonyl (C=O) groups is 1. The van der Waals surface area contributed by atoms with Crippen LogP contribution in [0, 0.1) is 5.92 Å². The molecule has 1 unspecified atom stereocenters. The lowest BCUT2D eigenvalue weighted by Gasteiger charge is -2.33. The van der Waals surface area contributed by atoms with Crippen LogP contribution >= 0.6 is 11.6 Å². The molecule has 0 amide bonds. The highest BCUT2D eigenvalue weighted by molar-refractivity contribution is 6.30. The quantitative estimate of drug-likeness (QED) is 0.886. The first-order valence-corrected chi connectivity index (χ1v) is 6.89. The monoisotopic (exact) mass is 282 g/mol. The van der Waals surface area contributed by atoms with Gasteiger partial charge in [0, 0.05) is 11.6 Å². The smallest absolute Gasteiger partial charge is 0.320 e. The van der Waals surface area contributed by atoms with Gasteiger partial charge < -0.3 is 10.8 Å². The maximum Gasteiger partial charge on any atom is 0.320 e. The number of nitrogens with zero attached hydrogens (tertiary/aromatic N) is 1. The van der Waals surface area contributed by atoms with Gasteiger partial charge in [0.05, 0.1) is 0 Å². The molecule has 0 aliphatic carbocycles. The third-order valence-electron chi connectivity index (χ3n) is 3.72. The molecule has 1 atom stereocenters. The number of hydrogen-bond acceptors (Lipinski definition) is 3. The van der Waals surface area contributed by atoms with E-state index < -0.39 is 12.0 Å². The summed E-state index contributed by atoms with van der Waals surface area (Å²) in [6, 6.07) is 7.11. The second kappa shape index (κ2) is 6.37. The van der Waals surface area contributed by atoms with Crippen molar-refractivity contribution in [3.8, 4) is 0 Å². The molecule has 4 nitrogen and oxygen atoms in total. The summed E-state index contributed by atoms with van der Waals surface area (Å²) >= 11 is 5.96. The zero-order valence-electron chi connectivity index (χ0n) is 10.8. The summed E-state index contributed by atoms with van der Waals surface area (Å²) in [4.78, 5) is 13.2. The number of carboxylic acids is 1. The lowest BCUT2D eigenvalue weighted by molar-refractivity contribution is -0.140. The van der Waals surface area contributed by atoms with Gasteiger partial charge in [-0.25, -0.2) is 0 Å². The van der Waals surface area contributed by atoms with Crippen molar-refractivity contribution in [2.45, 2.75) is 25.4 Å². The van der Waals surface area contributed by atoms with Crippen LogP contribution in [0.5, 0.6) is 0 Å². The number of rotatable bonds is 4. The number of nitrogens with two attached hydrogens (primary N) is 1. The van der Waals surface area contributed by atoms with Crippen molar-refractivity contribution in [1.29, 1.82) is 0 Å². The standard InChI is InChI=1S/C14H19ClN2O2/c15-12-3-1-2-10(8-12)9-17-6-4-11(5-7-17)13(16)14(18)19/h1-3,8,11,13H,4-7,9,16H2,(H,18,19). The van der Waals surface area contributed by atoms with Gasteiger partial charge in [-0.15, -0.1) is 0 Å². The lowest BCUT2D eigenvalue weighted by Crippen LogP contribution is -2.44. The highest BCUT2D eigenvalue weighted by atomic mass is 35.5. The van der Waals surface area contributed by atoms with Crippen molar-refractivity contribution in [2.24, 2.45) is 11.7 Å². The zero-order valence-corrected chi connectivity index (χ0v) is 11.5. The largest absolute Gasteiger partial charge is 0.480 e. The van der Waals surface area contributed by atoms with E-state index in [1.54, 1.807) is 0 Å². The van der Waals surface area contributed by atoms with Crippen LogP contribution in [0.4, 0.5) is 0 Å².